The average Bonchev–Trinajstić information content (AvgIpc) is 2.70. The lowest BCUT2D eigenvalue weighted by Gasteiger charge is -2.11. The van der Waals surface area contributed by atoms with Gasteiger partial charge in [0.2, 0.25) is 0 Å². The minimum Gasteiger partial charge on any atom is -0.493 e. The fourth-order valence-corrected chi connectivity index (χ4v) is 2.54. The van der Waals surface area contributed by atoms with Crippen LogP contribution in [0.1, 0.15) is 11.1 Å². The Bertz CT molecular complexity index is 990. The van der Waals surface area contributed by atoms with Gasteiger partial charge in [-0.2, -0.15) is 10.2 Å². The smallest absolute Gasteiger partial charge is 0.280 e. The topological polar surface area (TPSA) is 88.6 Å². The molecule has 0 bridgehead atoms. The van der Waals surface area contributed by atoms with Crippen LogP contribution in [0.5, 0.6) is 11.5 Å². The minimum absolute atomic E-state index is 0.330. The van der Waals surface area contributed by atoms with Crippen LogP contribution in [-0.2, 0) is 6.61 Å². The van der Waals surface area contributed by atoms with Crippen molar-refractivity contribution >= 4 is 27.8 Å². The van der Waals surface area contributed by atoms with E-state index in [4.69, 9.17) is 9.47 Å². The van der Waals surface area contributed by atoms with Gasteiger partial charge in [-0.25, -0.2) is 5.10 Å². The second-order valence-electron chi connectivity index (χ2n) is 5.48. The highest BCUT2D eigenvalue weighted by molar-refractivity contribution is 9.10. The van der Waals surface area contributed by atoms with Gasteiger partial charge in [-0.3, -0.25) is 10.2 Å². The van der Waals surface area contributed by atoms with Gasteiger partial charge in [-0.05, 0) is 45.3 Å². The van der Waals surface area contributed by atoms with Crippen LogP contribution in [0.15, 0.2) is 69.1 Å². The molecule has 0 aliphatic rings. The van der Waals surface area contributed by atoms with Crippen molar-refractivity contribution in [3.8, 4) is 11.5 Å². The molecule has 0 spiro atoms. The molecule has 2 N–H and O–H groups in total. The number of methoxy groups -OCH3 is 1. The minimum atomic E-state index is -0.336. The van der Waals surface area contributed by atoms with Crippen molar-refractivity contribution in [3.05, 3.63) is 80.7 Å². The summed E-state index contributed by atoms with van der Waals surface area (Å²) in [6, 6.07) is 15.4. The number of rotatable bonds is 7. The highest BCUT2D eigenvalue weighted by Gasteiger charge is 2.06. The van der Waals surface area contributed by atoms with Gasteiger partial charge >= 0.3 is 0 Å². The zero-order chi connectivity index (χ0) is 19.1. The van der Waals surface area contributed by atoms with E-state index in [1.807, 2.05) is 48.5 Å². The Hall–Kier alpha value is -3.13. The number of benzene rings is 2. The predicted octanol–water partition coefficient (Wildman–Crippen LogP) is 3.57. The van der Waals surface area contributed by atoms with Crippen LogP contribution in [-0.4, -0.2) is 23.5 Å². The maximum absolute atomic E-state index is 11.5. The first-order valence-corrected chi connectivity index (χ1v) is 8.83. The second-order valence-corrected chi connectivity index (χ2v) is 6.27. The van der Waals surface area contributed by atoms with Gasteiger partial charge in [0.05, 0.1) is 25.2 Å². The Balaban J connectivity index is 1.68. The molecule has 8 heteroatoms. The molecule has 0 atom stereocenters. The molecule has 0 radical (unpaired) electrons. The second kappa shape index (κ2) is 9.00. The Morgan fingerprint density at radius 1 is 1.22 bits per heavy atom. The van der Waals surface area contributed by atoms with E-state index in [9.17, 15) is 4.79 Å². The van der Waals surface area contributed by atoms with Crippen LogP contribution in [0.2, 0.25) is 0 Å². The van der Waals surface area contributed by atoms with Gasteiger partial charge in [0.25, 0.3) is 5.56 Å². The van der Waals surface area contributed by atoms with Gasteiger partial charge in [0.1, 0.15) is 11.1 Å². The van der Waals surface area contributed by atoms with Crippen LogP contribution >= 0.6 is 15.9 Å². The average molecular weight is 429 g/mol. The van der Waals surface area contributed by atoms with E-state index in [-0.39, 0.29) is 5.56 Å². The molecular formula is C19H17BrN4O3. The number of ether oxygens (including phenoxy) is 2. The molecule has 27 heavy (non-hydrogen) atoms. The van der Waals surface area contributed by atoms with E-state index < -0.39 is 0 Å². The maximum atomic E-state index is 11.5. The Kier molecular flexibility index (Phi) is 6.22. The zero-order valence-corrected chi connectivity index (χ0v) is 16.1. The van der Waals surface area contributed by atoms with Crippen LogP contribution in [0.25, 0.3) is 0 Å². The molecule has 3 aromatic rings. The summed E-state index contributed by atoms with van der Waals surface area (Å²) in [5.74, 6) is 1.25. The van der Waals surface area contributed by atoms with E-state index >= 15 is 0 Å². The third-order valence-corrected chi connectivity index (χ3v) is 4.41. The summed E-state index contributed by atoms with van der Waals surface area (Å²) < 4.78 is 11.6. The number of aromatic amines is 1. The zero-order valence-electron chi connectivity index (χ0n) is 14.5. The number of nitrogens with zero attached hydrogens (tertiary/aromatic N) is 2. The van der Waals surface area contributed by atoms with E-state index in [0.29, 0.717) is 28.3 Å². The molecule has 138 valence electrons. The highest BCUT2D eigenvalue weighted by atomic mass is 79.9. The van der Waals surface area contributed by atoms with Crippen LogP contribution in [0, 0.1) is 0 Å². The standard InChI is InChI=1S/C19H17BrN4O3/c1-26-17-9-14(10-21-23-15-11-22-24-19(25)18(15)20)7-8-16(17)27-12-13-5-3-2-4-6-13/h2-11H,12H2,1H3,(H2,23,24,25). The Morgan fingerprint density at radius 2 is 2.04 bits per heavy atom. The lowest BCUT2D eigenvalue weighted by atomic mass is 10.2. The van der Waals surface area contributed by atoms with E-state index in [1.54, 1.807) is 13.3 Å². The third kappa shape index (κ3) is 4.95. The summed E-state index contributed by atoms with van der Waals surface area (Å²) in [5, 5.41) is 10.2. The van der Waals surface area contributed by atoms with Gasteiger partial charge in [-0.15, -0.1) is 0 Å². The molecule has 0 aliphatic heterocycles. The van der Waals surface area contributed by atoms with Crippen molar-refractivity contribution in [1.29, 1.82) is 0 Å². The molecule has 0 fully saturated rings. The number of hydrogen-bond donors (Lipinski definition) is 2. The first-order valence-electron chi connectivity index (χ1n) is 8.04. The summed E-state index contributed by atoms with van der Waals surface area (Å²) in [7, 11) is 1.59. The fraction of sp³-hybridized carbons (Fsp3) is 0.105. The molecule has 2 aromatic carbocycles. The summed E-state index contributed by atoms with van der Waals surface area (Å²) >= 11 is 3.18. The molecule has 3 rings (SSSR count). The summed E-state index contributed by atoms with van der Waals surface area (Å²) in [4.78, 5) is 11.5. The number of nitrogens with one attached hydrogen (secondary N) is 2. The number of halogens is 1. The molecule has 0 unspecified atom stereocenters. The van der Waals surface area contributed by atoms with E-state index in [0.717, 1.165) is 11.1 Å². The fourth-order valence-electron chi connectivity index (χ4n) is 2.26. The molecule has 7 nitrogen and oxygen atoms in total. The molecular weight excluding hydrogens is 412 g/mol. The third-order valence-electron chi connectivity index (χ3n) is 3.62. The van der Waals surface area contributed by atoms with Crippen LogP contribution < -0.4 is 20.5 Å². The van der Waals surface area contributed by atoms with Gasteiger partial charge in [0.15, 0.2) is 11.5 Å². The molecule has 0 amide bonds. The van der Waals surface area contributed by atoms with Crippen molar-refractivity contribution in [2.75, 3.05) is 12.5 Å². The van der Waals surface area contributed by atoms with Crippen molar-refractivity contribution in [3.63, 3.8) is 0 Å². The molecule has 1 aromatic heterocycles. The van der Waals surface area contributed by atoms with Crippen LogP contribution in [0.4, 0.5) is 5.69 Å². The highest BCUT2D eigenvalue weighted by Crippen LogP contribution is 2.28. The molecule has 0 saturated heterocycles. The predicted molar refractivity (Wildman–Crippen MR) is 108 cm³/mol. The number of hydrazone groups is 1. The van der Waals surface area contributed by atoms with Crippen molar-refractivity contribution in [2.45, 2.75) is 6.61 Å². The molecule has 0 aliphatic carbocycles. The summed E-state index contributed by atoms with van der Waals surface area (Å²) in [6.45, 7) is 0.454. The van der Waals surface area contributed by atoms with Gasteiger partial charge in [0, 0.05) is 0 Å². The lowest BCUT2D eigenvalue weighted by molar-refractivity contribution is 0.284. The number of H-pyrrole nitrogens is 1. The van der Waals surface area contributed by atoms with E-state index in [1.165, 1.54) is 6.20 Å². The van der Waals surface area contributed by atoms with Crippen molar-refractivity contribution in [2.24, 2.45) is 5.10 Å². The largest absolute Gasteiger partial charge is 0.493 e. The summed E-state index contributed by atoms with van der Waals surface area (Å²) in [6.07, 6.45) is 3.07. The Morgan fingerprint density at radius 3 is 2.81 bits per heavy atom. The first-order chi connectivity index (χ1) is 13.2. The van der Waals surface area contributed by atoms with E-state index in [2.05, 4.69) is 36.7 Å². The lowest BCUT2D eigenvalue weighted by Crippen LogP contribution is -2.10. The monoisotopic (exact) mass is 428 g/mol. The number of aromatic nitrogens is 2. The number of hydrogen-bond acceptors (Lipinski definition) is 6. The Labute approximate surface area is 164 Å². The van der Waals surface area contributed by atoms with Crippen molar-refractivity contribution < 1.29 is 9.47 Å². The molecule has 0 saturated carbocycles. The quantitative estimate of drug-likeness (QED) is 0.443. The van der Waals surface area contributed by atoms with Crippen molar-refractivity contribution in [1.82, 2.24) is 10.2 Å². The maximum Gasteiger partial charge on any atom is 0.280 e. The van der Waals surface area contributed by atoms with Gasteiger partial charge < -0.3 is 9.47 Å². The normalized spacial score (nSPS) is 10.7. The molecule has 1 heterocycles. The number of anilines is 1. The van der Waals surface area contributed by atoms with Gasteiger partial charge in [-0.1, -0.05) is 30.3 Å². The SMILES string of the molecule is COc1cc(C=NNc2cn[nH]c(=O)c2Br)ccc1OCc1ccccc1. The summed E-state index contributed by atoms with van der Waals surface area (Å²) in [5.41, 5.74) is 4.78. The first kappa shape index (κ1) is 18.7. The van der Waals surface area contributed by atoms with Crippen LogP contribution in [0.3, 0.4) is 0 Å².